The molecule has 0 unspecified atom stereocenters. The molecule has 2 amide bonds. The molecule has 2 aromatic rings. The molecule has 0 saturated carbocycles. The molecule has 1 heterocycles. The van der Waals surface area contributed by atoms with Crippen molar-refractivity contribution in [2.45, 2.75) is 18.9 Å². The maximum Gasteiger partial charge on any atom is 0.243 e. The summed E-state index contributed by atoms with van der Waals surface area (Å²) in [6, 6.07) is 18.2. The Kier molecular flexibility index (Phi) is 5.46. The van der Waals surface area contributed by atoms with Crippen LogP contribution in [-0.2, 0) is 20.7 Å². The van der Waals surface area contributed by atoms with Crippen LogP contribution in [0.2, 0.25) is 0 Å². The summed E-state index contributed by atoms with van der Waals surface area (Å²) >= 11 is 0. The number of carbonyl (C=O) groups excluding carboxylic acids is 2. The SMILES string of the molecule is NC(=O)CO[C@H]1CCN(C(=O)Cc2ccc(-c3ccccc3)cc2)C1. The monoisotopic (exact) mass is 338 g/mol. The van der Waals surface area contributed by atoms with Crippen molar-refractivity contribution in [3.63, 3.8) is 0 Å². The molecule has 130 valence electrons. The van der Waals surface area contributed by atoms with Crippen molar-refractivity contribution in [2.75, 3.05) is 19.7 Å². The van der Waals surface area contributed by atoms with Crippen LogP contribution in [0.5, 0.6) is 0 Å². The third-order valence-corrected chi connectivity index (χ3v) is 4.38. The number of nitrogens with zero attached hydrogens (tertiary/aromatic N) is 1. The molecule has 5 nitrogen and oxygen atoms in total. The predicted octanol–water partition coefficient (Wildman–Crippen LogP) is 2.00. The molecule has 25 heavy (non-hydrogen) atoms. The molecule has 3 rings (SSSR count). The smallest absolute Gasteiger partial charge is 0.243 e. The number of nitrogens with two attached hydrogens (primary N) is 1. The molecule has 1 fully saturated rings. The van der Waals surface area contributed by atoms with E-state index in [1.54, 1.807) is 4.90 Å². The van der Waals surface area contributed by atoms with Gasteiger partial charge < -0.3 is 15.4 Å². The summed E-state index contributed by atoms with van der Waals surface area (Å²) in [7, 11) is 0. The summed E-state index contributed by atoms with van der Waals surface area (Å²) in [5.41, 5.74) is 8.37. The van der Waals surface area contributed by atoms with E-state index in [0.29, 0.717) is 19.5 Å². The van der Waals surface area contributed by atoms with Gasteiger partial charge in [-0.25, -0.2) is 0 Å². The number of rotatable bonds is 6. The number of ether oxygens (including phenoxy) is 1. The van der Waals surface area contributed by atoms with Gasteiger partial charge in [-0.1, -0.05) is 54.6 Å². The van der Waals surface area contributed by atoms with E-state index >= 15 is 0 Å². The van der Waals surface area contributed by atoms with Crippen LogP contribution in [0.4, 0.5) is 0 Å². The molecular weight excluding hydrogens is 316 g/mol. The van der Waals surface area contributed by atoms with Crippen molar-refractivity contribution in [1.29, 1.82) is 0 Å². The number of carbonyl (C=O) groups is 2. The minimum absolute atomic E-state index is 0.0811. The Morgan fingerprint density at radius 3 is 2.40 bits per heavy atom. The van der Waals surface area contributed by atoms with Crippen LogP contribution in [0.3, 0.4) is 0 Å². The molecule has 1 aliphatic heterocycles. The Morgan fingerprint density at radius 2 is 1.72 bits per heavy atom. The first-order chi connectivity index (χ1) is 12.1. The molecule has 0 spiro atoms. The first-order valence-electron chi connectivity index (χ1n) is 8.44. The fraction of sp³-hybridized carbons (Fsp3) is 0.300. The van der Waals surface area contributed by atoms with E-state index in [4.69, 9.17) is 10.5 Å². The summed E-state index contributed by atoms with van der Waals surface area (Å²) in [4.78, 5) is 25.0. The molecule has 5 heteroatoms. The molecule has 2 aromatic carbocycles. The molecule has 1 saturated heterocycles. The summed E-state index contributed by atoms with van der Waals surface area (Å²) in [6.45, 7) is 1.09. The average molecular weight is 338 g/mol. The number of primary amides is 1. The largest absolute Gasteiger partial charge is 0.368 e. The van der Waals surface area contributed by atoms with Crippen molar-refractivity contribution >= 4 is 11.8 Å². The van der Waals surface area contributed by atoms with Crippen LogP contribution in [0.15, 0.2) is 54.6 Å². The third-order valence-electron chi connectivity index (χ3n) is 4.38. The van der Waals surface area contributed by atoms with E-state index in [2.05, 4.69) is 12.1 Å². The lowest BCUT2D eigenvalue weighted by molar-refractivity contribution is -0.130. The number of benzene rings is 2. The lowest BCUT2D eigenvalue weighted by Crippen LogP contribution is -2.32. The minimum Gasteiger partial charge on any atom is -0.368 e. The number of hydrogen-bond donors (Lipinski definition) is 1. The zero-order valence-corrected chi connectivity index (χ0v) is 14.1. The topological polar surface area (TPSA) is 72.6 Å². The first-order valence-corrected chi connectivity index (χ1v) is 8.44. The maximum absolute atomic E-state index is 12.4. The highest BCUT2D eigenvalue weighted by Crippen LogP contribution is 2.20. The molecule has 0 aromatic heterocycles. The normalized spacial score (nSPS) is 16.8. The van der Waals surface area contributed by atoms with Crippen molar-refractivity contribution < 1.29 is 14.3 Å². The minimum atomic E-state index is -0.483. The van der Waals surface area contributed by atoms with Gasteiger partial charge in [-0.05, 0) is 23.1 Å². The van der Waals surface area contributed by atoms with Gasteiger partial charge in [0, 0.05) is 13.1 Å². The van der Waals surface area contributed by atoms with Gasteiger partial charge in [0.05, 0.1) is 12.5 Å². The third kappa shape index (κ3) is 4.67. The Morgan fingerprint density at radius 1 is 1.04 bits per heavy atom. The van der Waals surface area contributed by atoms with Crippen LogP contribution in [0.1, 0.15) is 12.0 Å². The van der Waals surface area contributed by atoms with E-state index in [0.717, 1.165) is 23.1 Å². The second kappa shape index (κ2) is 7.94. The predicted molar refractivity (Wildman–Crippen MR) is 95.7 cm³/mol. The molecule has 1 aliphatic rings. The van der Waals surface area contributed by atoms with E-state index in [1.807, 2.05) is 42.5 Å². The fourth-order valence-electron chi connectivity index (χ4n) is 3.02. The van der Waals surface area contributed by atoms with Crippen molar-refractivity contribution in [3.05, 3.63) is 60.2 Å². The van der Waals surface area contributed by atoms with Gasteiger partial charge in [-0.3, -0.25) is 9.59 Å². The van der Waals surface area contributed by atoms with Gasteiger partial charge in [0.25, 0.3) is 0 Å². The Labute approximate surface area is 147 Å². The zero-order chi connectivity index (χ0) is 17.6. The lowest BCUT2D eigenvalue weighted by atomic mass is 10.0. The van der Waals surface area contributed by atoms with E-state index in [1.165, 1.54) is 0 Å². The van der Waals surface area contributed by atoms with Gasteiger partial charge in [0.2, 0.25) is 11.8 Å². The quantitative estimate of drug-likeness (QED) is 0.875. The standard InChI is InChI=1S/C20H22N2O3/c21-19(23)14-25-18-10-11-22(13-18)20(24)12-15-6-8-17(9-7-15)16-4-2-1-3-5-16/h1-9,18H,10-14H2,(H2,21,23)/t18-/m0/s1. The van der Waals surface area contributed by atoms with Crippen LogP contribution in [-0.4, -0.2) is 42.5 Å². The average Bonchev–Trinajstić information content (AvgIpc) is 3.11. The number of likely N-dealkylation sites (tertiary alicyclic amines) is 1. The van der Waals surface area contributed by atoms with Crippen LogP contribution in [0.25, 0.3) is 11.1 Å². The Bertz CT molecular complexity index is 728. The van der Waals surface area contributed by atoms with Crippen molar-refractivity contribution in [2.24, 2.45) is 5.73 Å². The second-order valence-electron chi connectivity index (χ2n) is 6.27. The molecule has 2 N–H and O–H groups in total. The summed E-state index contributed by atoms with van der Waals surface area (Å²) < 4.78 is 5.39. The van der Waals surface area contributed by atoms with E-state index in [-0.39, 0.29) is 18.6 Å². The van der Waals surface area contributed by atoms with Crippen LogP contribution < -0.4 is 5.73 Å². The summed E-state index contributed by atoms with van der Waals surface area (Å²) in [5, 5.41) is 0. The van der Waals surface area contributed by atoms with Gasteiger partial charge in [-0.15, -0.1) is 0 Å². The van der Waals surface area contributed by atoms with E-state index < -0.39 is 5.91 Å². The highest BCUT2D eigenvalue weighted by Gasteiger charge is 2.26. The van der Waals surface area contributed by atoms with Crippen molar-refractivity contribution in [3.8, 4) is 11.1 Å². The zero-order valence-electron chi connectivity index (χ0n) is 14.1. The van der Waals surface area contributed by atoms with Crippen LogP contribution in [0, 0.1) is 0 Å². The van der Waals surface area contributed by atoms with Crippen LogP contribution >= 0.6 is 0 Å². The molecule has 0 bridgehead atoms. The Hall–Kier alpha value is -2.66. The molecular formula is C20H22N2O3. The Balaban J connectivity index is 1.54. The van der Waals surface area contributed by atoms with Crippen molar-refractivity contribution in [1.82, 2.24) is 4.90 Å². The second-order valence-corrected chi connectivity index (χ2v) is 6.27. The fourth-order valence-corrected chi connectivity index (χ4v) is 3.02. The van der Waals surface area contributed by atoms with E-state index in [9.17, 15) is 9.59 Å². The molecule has 0 aliphatic carbocycles. The highest BCUT2D eigenvalue weighted by atomic mass is 16.5. The summed E-state index contributed by atoms with van der Waals surface area (Å²) in [5.74, 6) is -0.402. The number of amides is 2. The maximum atomic E-state index is 12.4. The van der Waals surface area contributed by atoms with Gasteiger partial charge in [0.15, 0.2) is 0 Å². The van der Waals surface area contributed by atoms with Gasteiger partial charge >= 0.3 is 0 Å². The molecule has 1 atom stereocenters. The lowest BCUT2D eigenvalue weighted by Gasteiger charge is -2.16. The number of hydrogen-bond acceptors (Lipinski definition) is 3. The summed E-state index contributed by atoms with van der Waals surface area (Å²) in [6.07, 6.45) is 1.01. The first kappa shape index (κ1) is 17.2. The van der Waals surface area contributed by atoms with Gasteiger partial charge in [-0.2, -0.15) is 0 Å². The highest BCUT2D eigenvalue weighted by molar-refractivity contribution is 5.79. The van der Waals surface area contributed by atoms with Gasteiger partial charge in [0.1, 0.15) is 6.61 Å². The molecule has 0 radical (unpaired) electrons.